The fourth-order valence-electron chi connectivity index (χ4n) is 2.54. The maximum Gasteiger partial charge on any atom is 0.385 e. The molecule has 0 aliphatic heterocycles. The Bertz CT molecular complexity index is 1230. The van der Waals surface area contributed by atoms with Gasteiger partial charge >= 0.3 is 18.0 Å². The van der Waals surface area contributed by atoms with Crippen molar-refractivity contribution < 1.29 is 28.6 Å². The lowest BCUT2D eigenvalue weighted by molar-refractivity contribution is -0.140. The van der Waals surface area contributed by atoms with E-state index in [2.05, 4.69) is 16.6 Å². The molecular weight excluding hydrogens is 422 g/mol. The summed E-state index contributed by atoms with van der Waals surface area (Å²) >= 11 is 1.48. The predicted molar refractivity (Wildman–Crippen MR) is 116 cm³/mol. The summed E-state index contributed by atoms with van der Waals surface area (Å²) in [5.74, 6) is -1.25. The molecule has 1 amide bonds. The third kappa shape index (κ3) is 5.67. The van der Waals surface area contributed by atoms with Gasteiger partial charge in [-0.15, -0.1) is 11.3 Å². The minimum Gasteiger partial charge on any atom is -0.494 e. The maximum absolute atomic E-state index is 12.7. The van der Waals surface area contributed by atoms with Crippen LogP contribution in [-0.4, -0.2) is 31.2 Å². The molecule has 0 bridgehead atoms. The highest BCUT2D eigenvalue weighted by Gasteiger charge is 2.11. The molecule has 1 heterocycles. The first-order valence-corrected chi connectivity index (χ1v) is 9.90. The van der Waals surface area contributed by atoms with E-state index in [0.29, 0.717) is 16.5 Å². The SMILES string of the molecule is C=C(C)C(=O)OC[CH-]NC(=O)OC(=O)COc1ccc2sc3ccccc3c(=O)c2c1. The largest absolute Gasteiger partial charge is 0.494 e. The molecule has 0 spiro atoms. The van der Waals surface area contributed by atoms with E-state index < -0.39 is 24.6 Å². The van der Waals surface area contributed by atoms with Crippen molar-refractivity contribution >= 4 is 49.5 Å². The molecule has 0 saturated heterocycles. The van der Waals surface area contributed by atoms with Crippen LogP contribution in [0.5, 0.6) is 5.75 Å². The zero-order chi connectivity index (χ0) is 22.4. The topological polar surface area (TPSA) is 108 Å². The maximum atomic E-state index is 12.7. The van der Waals surface area contributed by atoms with Crippen LogP contribution in [0.2, 0.25) is 0 Å². The predicted octanol–water partition coefficient (Wildman–Crippen LogP) is 3.33. The molecule has 3 aromatic rings. The Morgan fingerprint density at radius 1 is 1.10 bits per heavy atom. The molecule has 0 atom stereocenters. The Morgan fingerprint density at radius 2 is 1.84 bits per heavy atom. The van der Waals surface area contributed by atoms with Crippen molar-refractivity contribution in [3.8, 4) is 5.75 Å². The summed E-state index contributed by atoms with van der Waals surface area (Å²) < 4.78 is 16.3. The molecule has 3 rings (SSSR count). The van der Waals surface area contributed by atoms with E-state index in [0.717, 1.165) is 15.9 Å². The average Bonchev–Trinajstić information content (AvgIpc) is 2.75. The summed E-state index contributed by atoms with van der Waals surface area (Å²) in [4.78, 5) is 47.2. The first kappa shape index (κ1) is 22.0. The second-order valence-electron chi connectivity index (χ2n) is 6.36. The Labute approximate surface area is 181 Å². The third-order valence-electron chi connectivity index (χ3n) is 3.98. The highest BCUT2D eigenvalue weighted by atomic mass is 32.1. The second kappa shape index (κ2) is 9.86. The molecule has 0 aliphatic rings. The molecule has 2 aromatic carbocycles. The van der Waals surface area contributed by atoms with E-state index >= 15 is 0 Å². The van der Waals surface area contributed by atoms with Crippen molar-refractivity contribution in [2.75, 3.05) is 13.2 Å². The van der Waals surface area contributed by atoms with Gasteiger partial charge in [0.25, 0.3) is 0 Å². The second-order valence-corrected chi connectivity index (χ2v) is 7.45. The number of esters is 2. The summed E-state index contributed by atoms with van der Waals surface area (Å²) in [5.41, 5.74) is 0.0922. The van der Waals surface area contributed by atoms with Crippen molar-refractivity contribution in [1.82, 2.24) is 5.32 Å². The summed E-state index contributed by atoms with van der Waals surface area (Å²) in [6, 6.07) is 12.2. The number of amides is 1. The van der Waals surface area contributed by atoms with Crippen LogP contribution < -0.4 is 15.5 Å². The van der Waals surface area contributed by atoms with Crippen LogP contribution >= 0.6 is 11.3 Å². The zero-order valence-corrected chi connectivity index (χ0v) is 17.3. The van der Waals surface area contributed by atoms with E-state index in [1.165, 1.54) is 18.3 Å². The zero-order valence-electron chi connectivity index (χ0n) is 16.5. The molecule has 0 unspecified atom stereocenters. The molecule has 0 fully saturated rings. The monoisotopic (exact) mass is 440 g/mol. The van der Waals surface area contributed by atoms with Gasteiger partial charge < -0.3 is 19.5 Å². The van der Waals surface area contributed by atoms with Crippen LogP contribution in [0.4, 0.5) is 4.79 Å². The smallest absolute Gasteiger partial charge is 0.385 e. The van der Waals surface area contributed by atoms with Gasteiger partial charge in [-0.25, -0.2) is 20.9 Å². The fourth-order valence-corrected chi connectivity index (χ4v) is 3.59. The van der Waals surface area contributed by atoms with Gasteiger partial charge in [0.1, 0.15) is 5.75 Å². The number of fused-ring (bicyclic) bond motifs is 2. The number of ether oxygens (including phenoxy) is 3. The van der Waals surface area contributed by atoms with Gasteiger partial charge in [-0.2, -0.15) is 0 Å². The molecular formula is C22H18NO7S-. The van der Waals surface area contributed by atoms with Crippen LogP contribution in [0.1, 0.15) is 6.92 Å². The number of alkyl carbamates (subject to hydrolysis) is 1. The van der Waals surface area contributed by atoms with Crippen molar-refractivity contribution in [2.45, 2.75) is 6.92 Å². The summed E-state index contributed by atoms with van der Waals surface area (Å²) in [6.45, 7) is 5.27. The lowest BCUT2D eigenvalue weighted by Crippen LogP contribution is -2.29. The van der Waals surface area contributed by atoms with E-state index in [1.54, 1.807) is 30.3 Å². The normalized spacial score (nSPS) is 10.5. The average molecular weight is 440 g/mol. The van der Waals surface area contributed by atoms with Gasteiger partial charge in [0, 0.05) is 25.7 Å². The van der Waals surface area contributed by atoms with Crippen molar-refractivity contribution in [3.05, 3.63) is 71.4 Å². The molecule has 0 aliphatic carbocycles. The van der Waals surface area contributed by atoms with E-state index in [1.807, 2.05) is 12.1 Å². The summed E-state index contributed by atoms with van der Waals surface area (Å²) in [6.07, 6.45) is -1.05. The Morgan fingerprint density at radius 3 is 2.61 bits per heavy atom. The van der Waals surface area contributed by atoms with E-state index in [4.69, 9.17) is 9.47 Å². The standard InChI is InChI=1S/C22H18NO7S/c1-13(2)21(26)28-10-9-23-22(27)30-19(24)12-29-14-7-8-18-16(11-14)20(25)15-5-3-4-6-17(15)31-18/h3-9,11H,1,10,12H2,2H3,(H,23,27)/q-1. The lowest BCUT2D eigenvalue weighted by Gasteiger charge is -2.15. The van der Waals surface area contributed by atoms with Crippen LogP contribution in [0.15, 0.2) is 59.4 Å². The highest BCUT2D eigenvalue weighted by Crippen LogP contribution is 2.27. The van der Waals surface area contributed by atoms with Gasteiger partial charge in [-0.05, 0) is 43.9 Å². The van der Waals surface area contributed by atoms with Crippen molar-refractivity contribution in [3.63, 3.8) is 0 Å². The third-order valence-corrected chi connectivity index (χ3v) is 5.13. The number of benzene rings is 2. The Kier molecular flexibility index (Phi) is 6.99. The number of hydrogen-bond acceptors (Lipinski definition) is 8. The first-order chi connectivity index (χ1) is 14.8. The van der Waals surface area contributed by atoms with Crippen LogP contribution in [0, 0.1) is 6.54 Å². The van der Waals surface area contributed by atoms with Gasteiger partial charge in [-0.3, -0.25) is 4.79 Å². The van der Waals surface area contributed by atoms with Gasteiger partial charge in [0.2, 0.25) is 0 Å². The molecule has 1 aromatic heterocycles. The quantitative estimate of drug-likeness (QED) is 0.150. The van der Waals surface area contributed by atoms with E-state index in [9.17, 15) is 19.2 Å². The number of carbonyl (C=O) groups is 3. The number of rotatable bonds is 7. The van der Waals surface area contributed by atoms with Gasteiger partial charge in [0.15, 0.2) is 12.0 Å². The Balaban J connectivity index is 1.53. The molecule has 9 heteroatoms. The Hall–Kier alpha value is -3.72. The lowest BCUT2D eigenvalue weighted by atomic mass is 10.2. The van der Waals surface area contributed by atoms with Gasteiger partial charge in [-0.1, -0.05) is 18.7 Å². The highest BCUT2D eigenvalue weighted by molar-refractivity contribution is 7.24. The molecule has 8 nitrogen and oxygen atoms in total. The fraction of sp³-hybridized carbons (Fsp3) is 0.136. The summed E-state index contributed by atoms with van der Waals surface area (Å²) in [7, 11) is 0. The molecule has 0 radical (unpaired) electrons. The minimum atomic E-state index is -1.05. The van der Waals surface area contributed by atoms with Crippen LogP contribution in [-0.2, 0) is 19.1 Å². The van der Waals surface area contributed by atoms with Crippen LogP contribution in [0.25, 0.3) is 20.2 Å². The number of hydrogen-bond donors (Lipinski definition) is 1. The van der Waals surface area contributed by atoms with E-state index in [-0.39, 0.29) is 17.6 Å². The van der Waals surface area contributed by atoms with Crippen LogP contribution in [0.3, 0.4) is 0 Å². The first-order valence-electron chi connectivity index (χ1n) is 9.09. The van der Waals surface area contributed by atoms with Crippen molar-refractivity contribution in [2.24, 2.45) is 0 Å². The number of carbonyl (C=O) groups excluding carboxylic acids is 3. The minimum absolute atomic E-state index is 0.125. The molecule has 31 heavy (non-hydrogen) atoms. The summed E-state index contributed by atoms with van der Waals surface area (Å²) in [5, 5.41) is 3.23. The molecule has 1 N–H and O–H groups in total. The molecule has 0 saturated carbocycles. The number of nitrogens with one attached hydrogen (secondary N) is 1. The van der Waals surface area contributed by atoms with Gasteiger partial charge in [0.05, 0.1) is 0 Å². The molecule has 160 valence electrons. The van der Waals surface area contributed by atoms with Crippen molar-refractivity contribution in [1.29, 1.82) is 0 Å².